The molecule has 0 saturated heterocycles. The Morgan fingerprint density at radius 3 is 2.08 bits per heavy atom. The van der Waals surface area contributed by atoms with Gasteiger partial charge in [0.2, 0.25) is 0 Å². The van der Waals surface area contributed by atoms with Gasteiger partial charge in [-0.3, -0.25) is 0 Å². The lowest BCUT2D eigenvalue weighted by Crippen LogP contribution is -2.41. The fraction of sp³-hybridized carbons (Fsp3) is 0.818. The minimum Gasteiger partial charge on any atom is -0.389 e. The van der Waals surface area contributed by atoms with Gasteiger partial charge >= 0.3 is 0 Å². The van der Waals surface area contributed by atoms with Crippen molar-refractivity contribution in [3.8, 4) is 12.3 Å². The highest BCUT2D eigenvalue weighted by Gasteiger charge is 2.32. The second kappa shape index (κ2) is 6.01. The molecule has 0 amide bonds. The van der Waals surface area contributed by atoms with Gasteiger partial charge in [0.1, 0.15) is 0 Å². The third-order valence-corrected chi connectivity index (χ3v) is 2.30. The summed E-state index contributed by atoms with van der Waals surface area (Å²) in [6.07, 6.45) is 7.50. The minimum absolute atomic E-state index is 0.233. The van der Waals surface area contributed by atoms with E-state index in [1.807, 2.05) is 13.8 Å². The van der Waals surface area contributed by atoms with E-state index < -0.39 is 11.7 Å². The fourth-order valence-electron chi connectivity index (χ4n) is 1.63. The van der Waals surface area contributed by atoms with Gasteiger partial charge < -0.3 is 10.2 Å². The molecule has 0 aliphatic carbocycles. The average Bonchev–Trinajstić information content (AvgIpc) is 2.05. The van der Waals surface area contributed by atoms with E-state index in [4.69, 9.17) is 6.42 Å². The third kappa shape index (κ3) is 3.80. The van der Waals surface area contributed by atoms with E-state index in [2.05, 4.69) is 5.92 Å². The van der Waals surface area contributed by atoms with Crippen molar-refractivity contribution in [1.29, 1.82) is 0 Å². The Morgan fingerprint density at radius 1 is 1.31 bits per heavy atom. The molecule has 0 spiro atoms. The predicted octanol–water partition coefficient (Wildman–Crippen LogP) is 1.70. The molecule has 0 aliphatic rings. The normalized spacial score (nSPS) is 13.8. The van der Waals surface area contributed by atoms with Crippen molar-refractivity contribution in [2.75, 3.05) is 0 Å². The van der Waals surface area contributed by atoms with Crippen molar-refractivity contribution in [2.45, 2.75) is 57.7 Å². The lowest BCUT2D eigenvalue weighted by molar-refractivity contribution is -0.0838. The van der Waals surface area contributed by atoms with Crippen LogP contribution >= 0.6 is 0 Å². The van der Waals surface area contributed by atoms with Crippen LogP contribution in [0.2, 0.25) is 0 Å². The summed E-state index contributed by atoms with van der Waals surface area (Å²) in [5.41, 5.74) is -0.976. The van der Waals surface area contributed by atoms with E-state index in [0.717, 1.165) is 12.8 Å². The van der Waals surface area contributed by atoms with Gasteiger partial charge in [-0.1, -0.05) is 26.7 Å². The van der Waals surface area contributed by atoms with Gasteiger partial charge in [0, 0.05) is 6.42 Å². The number of hydrogen-bond donors (Lipinski definition) is 2. The first-order valence-corrected chi connectivity index (χ1v) is 4.94. The summed E-state index contributed by atoms with van der Waals surface area (Å²) in [5.74, 6) is 2.38. The number of hydrogen-bond acceptors (Lipinski definition) is 2. The molecule has 0 aromatic carbocycles. The van der Waals surface area contributed by atoms with Crippen molar-refractivity contribution in [3.05, 3.63) is 0 Å². The van der Waals surface area contributed by atoms with Gasteiger partial charge in [0.25, 0.3) is 0 Å². The number of rotatable bonds is 6. The molecule has 0 aromatic heterocycles. The van der Waals surface area contributed by atoms with Crippen LogP contribution in [0.4, 0.5) is 0 Å². The van der Waals surface area contributed by atoms with Crippen LogP contribution in [0.5, 0.6) is 0 Å². The largest absolute Gasteiger partial charge is 0.389 e. The Balaban J connectivity index is 4.29. The summed E-state index contributed by atoms with van der Waals surface area (Å²) in [5, 5.41) is 19.7. The Labute approximate surface area is 81.0 Å². The molecule has 0 aromatic rings. The first-order chi connectivity index (χ1) is 6.10. The Hall–Kier alpha value is -0.520. The van der Waals surface area contributed by atoms with Crippen LogP contribution in [0.25, 0.3) is 0 Å². The van der Waals surface area contributed by atoms with Gasteiger partial charge in [-0.05, 0) is 12.8 Å². The van der Waals surface area contributed by atoms with Crippen molar-refractivity contribution >= 4 is 0 Å². The molecule has 0 heterocycles. The summed E-state index contributed by atoms with van der Waals surface area (Å²) in [6.45, 7) is 3.98. The standard InChI is InChI=1S/C11H20O2/c1-4-7-10(12)11(13,8-5-2)9-6-3/h1,10,12-13H,5-9H2,2-3H3. The highest BCUT2D eigenvalue weighted by Crippen LogP contribution is 2.25. The van der Waals surface area contributed by atoms with E-state index in [9.17, 15) is 10.2 Å². The minimum atomic E-state index is -0.976. The van der Waals surface area contributed by atoms with Crippen molar-refractivity contribution in [2.24, 2.45) is 0 Å². The summed E-state index contributed by atoms with van der Waals surface area (Å²) in [7, 11) is 0. The first-order valence-electron chi connectivity index (χ1n) is 4.94. The van der Waals surface area contributed by atoms with Gasteiger partial charge in [-0.15, -0.1) is 12.3 Å². The molecule has 1 unspecified atom stereocenters. The Bertz CT molecular complexity index is 163. The fourth-order valence-corrected chi connectivity index (χ4v) is 1.63. The van der Waals surface area contributed by atoms with Crippen molar-refractivity contribution < 1.29 is 10.2 Å². The van der Waals surface area contributed by atoms with Gasteiger partial charge in [0.15, 0.2) is 0 Å². The molecular weight excluding hydrogens is 164 g/mol. The van der Waals surface area contributed by atoms with Gasteiger partial charge in [-0.25, -0.2) is 0 Å². The maximum atomic E-state index is 10.1. The van der Waals surface area contributed by atoms with E-state index >= 15 is 0 Å². The molecular formula is C11H20O2. The van der Waals surface area contributed by atoms with Crippen LogP contribution in [0, 0.1) is 12.3 Å². The maximum absolute atomic E-state index is 10.1. The second-order valence-corrected chi connectivity index (χ2v) is 3.53. The summed E-state index contributed by atoms with van der Waals surface area (Å²) >= 11 is 0. The van der Waals surface area contributed by atoms with Crippen molar-refractivity contribution in [1.82, 2.24) is 0 Å². The lowest BCUT2D eigenvalue weighted by Gasteiger charge is -2.31. The average molecular weight is 184 g/mol. The number of terminal acetylenes is 1. The third-order valence-electron chi connectivity index (χ3n) is 2.30. The van der Waals surface area contributed by atoms with E-state index in [-0.39, 0.29) is 6.42 Å². The monoisotopic (exact) mass is 184 g/mol. The molecule has 0 saturated carbocycles. The zero-order valence-electron chi connectivity index (χ0n) is 8.58. The van der Waals surface area contributed by atoms with E-state index in [1.165, 1.54) is 0 Å². The van der Waals surface area contributed by atoms with E-state index in [1.54, 1.807) is 0 Å². The number of aliphatic hydroxyl groups excluding tert-OH is 1. The molecule has 13 heavy (non-hydrogen) atoms. The summed E-state index contributed by atoms with van der Waals surface area (Å²) in [6, 6.07) is 0. The first kappa shape index (κ1) is 12.5. The smallest absolute Gasteiger partial charge is 0.0935 e. The molecule has 0 rings (SSSR count). The molecule has 0 fully saturated rings. The SMILES string of the molecule is C#CCC(O)C(O)(CCC)CCC. The zero-order valence-corrected chi connectivity index (χ0v) is 8.58. The molecule has 0 radical (unpaired) electrons. The van der Waals surface area contributed by atoms with Crippen LogP contribution in [0.15, 0.2) is 0 Å². The summed E-state index contributed by atoms with van der Waals surface area (Å²) in [4.78, 5) is 0. The maximum Gasteiger partial charge on any atom is 0.0935 e. The molecule has 1 atom stereocenters. The van der Waals surface area contributed by atoms with E-state index in [0.29, 0.717) is 12.8 Å². The van der Waals surface area contributed by atoms with Crippen LogP contribution in [0.1, 0.15) is 46.0 Å². The second-order valence-electron chi connectivity index (χ2n) is 3.53. The van der Waals surface area contributed by atoms with Crippen LogP contribution < -0.4 is 0 Å². The topological polar surface area (TPSA) is 40.5 Å². The van der Waals surface area contributed by atoms with Crippen LogP contribution in [-0.2, 0) is 0 Å². The van der Waals surface area contributed by atoms with Crippen LogP contribution in [0.3, 0.4) is 0 Å². The van der Waals surface area contributed by atoms with Crippen molar-refractivity contribution in [3.63, 3.8) is 0 Å². The zero-order chi connectivity index (χ0) is 10.3. The van der Waals surface area contributed by atoms with Gasteiger partial charge in [-0.2, -0.15) is 0 Å². The quantitative estimate of drug-likeness (QED) is 0.617. The molecule has 2 nitrogen and oxygen atoms in total. The molecule has 76 valence electrons. The highest BCUT2D eigenvalue weighted by atomic mass is 16.3. The summed E-state index contributed by atoms with van der Waals surface area (Å²) < 4.78 is 0. The Morgan fingerprint density at radius 2 is 1.77 bits per heavy atom. The highest BCUT2D eigenvalue weighted by molar-refractivity contribution is 4.95. The molecule has 0 bridgehead atoms. The number of aliphatic hydroxyl groups is 2. The van der Waals surface area contributed by atoms with Gasteiger partial charge in [0.05, 0.1) is 11.7 Å². The predicted molar refractivity (Wildman–Crippen MR) is 54.2 cm³/mol. The van der Waals surface area contributed by atoms with Crippen LogP contribution in [-0.4, -0.2) is 21.9 Å². The lowest BCUT2D eigenvalue weighted by atomic mass is 9.85. The Kier molecular flexibility index (Phi) is 5.77. The molecule has 0 aliphatic heterocycles. The molecule has 2 N–H and O–H groups in total. The molecule has 2 heteroatoms.